The molecule has 1 amide bonds. The van der Waals surface area contributed by atoms with E-state index in [1.807, 2.05) is 11.3 Å². The normalized spacial score (nSPS) is 17.7. The third kappa shape index (κ3) is 4.82. The summed E-state index contributed by atoms with van der Waals surface area (Å²) in [5.41, 5.74) is 0.938. The predicted molar refractivity (Wildman–Crippen MR) is 137 cm³/mol. The van der Waals surface area contributed by atoms with Crippen molar-refractivity contribution in [2.24, 2.45) is 0 Å². The van der Waals surface area contributed by atoms with Crippen molar-refractivity contribution < 1.29 is 18.0 Å². The molecule has 1 saturated heterocycles. The van der Waals surface area contributed by atoms with Crippen LogP contribution in [0.2, 0.25) is 0 Å². The number of hydrogen-bond acceptors (Lipinski definition) is 5. The Kier molecular flexibility index (Phi) is 6.94. The molecule has 1 aliphatic carbocycles. The molecular weight excluding hydrogens is 485 g/mol. The van der Waals surface area contributed by atoms with Crippen molar-refractivity contribution in [2.75, 3.05) is 31.1 Å². The Morgan fingerprint density at radius 3 is 2.39 bits per heavy atom. The number of piperazine rings is 1. The van der Waals surface area contributed by atoms with Crippen molar-refractivity contribution in [3.63, 3.8) is 0 Å². The number of rotatable bonds is 4. The first kappa shape index (κ1) is 25.0. The second kappa shape index (κ2) is 10.00. The molecule has 0 N–H and O–H groups in total. The standard InChI is InChI=1S/C27H31F3N4OS/c1-3-17(2)23-31-24(22-20-7-5-4-6-8-21(20)36-25(22)32-23)33-13-15-34(16-14-33)26(35)18-9-11-19(12-10-18)27(28,29)30/h9-12,17H,3-8,13-16H2,1-2H3/t17-/m1/s1. The molecule has 5 rings (SSSR count). The van der Waals surface area contributed by atoms with Crippen LogP contribution in [0.1, 0.15) is 77.6 Å². The Labute approximate surface area is 213 Å². The summed E-state index contributed by atoms with van der Waals surface area (Å²) in [6, 6.07) is 4.48. The summed E-state index contributed by atoms with van der Waals surface area (Å²) in [7, 11) is 0. The van der Waals surface area contributed by atoms with E-state index in [0.717, 1.165) is 47.9 Å². The molecule has 2 aromatic heterocycles. The Bertz CT molecular complexity index is 1250. The third-order valence-electron chi connectivity index (χ3n) is 7.44. The third-order valence-corrected chi connectivity index (χ3v) is 8.63. The van der Waals surface area contributed by atoms with E-state index in [2.05, 4.69) is 18.7 Å². The molecule has 192 valence electrons. The van der Waals surface area contributed by atoms with Gasteiger partial charge < -0.3 is 9.80 Å². The van der Waals surface area contributed by atoms with Gasteiger partial charge in [-0.25, -0.2) is 9.97 Å². The number of anilines is 1. The lowest BCUT2D eigenvalue weighted by atomic mass is 10.1. The largest absolute Gasteiger partial charge is 0.416 e. The van der Waals surface area contributed by atoms with Gasteiger partial charge >= 0.3 is 6.18 Å². The van der Waals surface area contributed by atoms with Crippen molar-refractivity contribution >= 4 is 33.3 Å². The molecule has 0 unspecified atom stereocenters. The van der Waals surface area contributed by atoms with Gasteiger partial charge in [-0.15, -0.1) is 11.3 Å². The number of benzene rings is 1. The van der Waals surface area contributed by atoms with Gasteiger partial charge in [0.05, 0.1) is 10.9 Å². The molecule has 5 nitrogen and oxygen atoms in total. The van der Waals surface area contributed by atoms with Crippen LogP contribution in [0, 0.1) is 0 Å². The highest BCUT2D eigenvalue weighted by molar-refractivity contribution is 7.19. The van der Waals surface area contributed by atoms with Gasteiger partial charge in [-0.2, -0.15) is 13.2 Å². The molecule has 0 bridgehead atoms. The van der Waals surface area contributed by atoms with E-state index in [9.17, 15) is 18.0 Å². The van der Waals surface area contributed by atoms with E-state index >= 15 is 0 Å². The molecule has 1 fully saturated rings. The zero-order valence-electron chi connectivity index (χ0n) is 20.7. The lowest BCUT2D eigenvalue weighted by Gasteiger charge is -2.36. The number of carbonyl (C=O) groups excluding carboxylic acids is 1. The molecule has 1 aromatic carbocycles. The van der Waals surface area contributed by atoms with Gasteiger partial charge in [0, 0.05) is 42.5 Å². The number of thiophene rings is 1. The fraction of sp³-hybridized carbons (Fsp3) is 0.519. The minimum atomic E-state index is -4.41. The highest BCUT2D eigenvalue weighted by atomic mass is 32.1. The summed E-state index contributed by atoms with van der Waals surface area (Å²) in [5.74, 6) is 1.88. The van der Waals surface area contributed by atoms with Crippen LogP contribution in [0.5, 0.6) is 0 Å². The van der Waals surface area contributed by atoms with Crippen molar-refractivity contribution in [3.8, 4) is 0 Å². The SMILES string of the molecule is CC[C@@H](C)c1nc(N2CCN(C(=O)c3ccc(C(F)(F)F)cc3)CC2)c2c3c(sc2n1)CCCCC3. The quantitative estimate of drug-likeness (QED) is 0.374. The smallest absolute Gasteiger partial charge is 0.352 e. The van der Waals surface area contributed by atoms with E-state index in [4.69, 9.17) is 9.97 Å². The molecule has 0 radical (unpaired) electrons. The first-order chi connectivity index (χ1) is 17.3. The highest BCUT2D eigenvalue weighted by Crippen LogP contribution is 2.40. The van der Waals surface area contributed by atoms with Crippen LogP contribution in [0.4, 0.5) is 19.0 Å². The van der Waals surface area contributed by atoms with Gasteiger partial charge in [0.2, 0.25) is 0 Å². The van der Waals surface area contributed by atoms with Crippen LogP contribution < -0.4 is 4.90 Å². The number of amides is 1. The number of hydrogen-bond donors (Lipinski definition) is 0. The number of aromatic nitrogens is 2. The molecule has 0 spiro atoms. The van der Waals surface area contributed by atoms with Crippen molar-refractivity contribution in [2.45, 2.75) is 64.5 Å². The number of nitrogens with zero attached hydrogens (tertiary/aromatic N) is 4. The van der Waals surface area contributed by atoms with Gasteiger partial charge in [0.25, 0.3) is 5.91 Å². The van der Waals surface area contributed by atoms with Crippen LogP contribution in [-0.2, 0) is 19.0 Å². The lowest BCUT2D eigenvalue weighted by molar-refractivity contribution is -0.137. The molecule has 2 aliphatic rings. The Balaban J connectivity index is 1.39. The van der Waals surface area contributed by atoms with E-state index in [1.165, 1.54) is 47.2 Å². The van der Waals surface area contributed by atoms with Crippen LogP contribution in [-0.4, -0.2) is 47.0 Å². The maximum Gasteiger partial charge on any atom is 0.416 e. The van der Waals surface area contributed by atoms with E-state index in [1.54, 1.807) is 4.90 Å². The predicted octanol–water partition coefficient (Wildman–Crippen LogP) is 6.45. The fourth-order valence-electron chi connectivity index (χ4n) is 5.07. The van der Waals surface area contributed by atoms with Crippen LogP contribution >= 0.6 is 11.3 Å². The van der Waals surface area contributed by atoms with Crippen molar-refractivity contribution in [3.05, 3.63) is 51.7 Å². The number of alkyl halides is 3. The van der Waals surface area contributed by atoms with E-state index in [0.29, 0.717) is 26.2 Å². The van der Waals surface area contributed by atoms with Gasteiger partial charge in [-0.1, -0.05) is 20.3 Å². The van der Waals surface area contributed by atoms with Gasteiger partial charge in [0.1, 0.15) is 16.5 Å². The maximum absolute atomic E-state index is 13.0. The monoisotopic (exact) mass is 516 g/mol. The molecule has 36 heavy (non-hydrogen) atoms. The van der Waals surface area contributed by atoms with E-state index < -0.39 is 11.7 Å². The first-order valence-corrected chi connectivity index (χ1v) is 13.6. The van der Waals surface area contributed by atoms with Crippen LogP contribution in [0.3, 0.4) is 0 Å². The second-order valence-electron chi connectivity index (χ2n) is 9.81. The maximum atomic E-state index is 13.0. The minimum Gasteiger partial charge on any atom is -0.352 e. The van der Waals surface area contributed by atoms with Crippen molar-refractivity contribution in [1.82, 2.24) is 14.9 Å². The number of aryl methyl sites for hydroxylation is 2. The zero-order valence-corrected chi connectivity index (χ0v) is 21.5. The Morgan fingerprint density at radius 1 is 1.03 bits per heavy atom. The second-order valence-corrected chi connectivity index (χ2v) is 10.9. The van der Waals surface area contributed by atoms with Gasteiger partial charge in [0.15, 0.2) is 0 Å². The summed E-state index contributed by atoms with van der Waals surface area (Å²) in [4.78, 5) is 29.6. The van der Waals surface area contributed by atoms with Gasteiger partial charge in [-0.05, 0) is 61.9 Å². The Hall–Kier alpha value is -2.68. The summed E-state index contributed by atoms with van der Waals surface area (Å²) >= 11 is 1.82. The highest BCUT2D eigenvalue weighted by Gasteiger charge is 2.31. The molecule has 0 saturated carbocycles. The molecule has 1 aliphatic heterocycles. The van der Waals surface area contributed by atoms with Crippen LogP contribution in [0.15, 0.2) is 24.3 Å². The van der Waals surface area contributed by atoms with E-state index in [-0.39, 0.29) is 17.4 Å². The van der Waals surface area contributed by atoms with Crippen LogP contribution in [0.25, 0.3) is 10.2 Å². The van der Waals surface area contributed by atoms with Gasteiger partial charge in [-0.3, -0.25) is 4.79 Å². The molecule has 9 heteroatoms. The topological polar surface area (TPSA) is 49.3 Å². The Morgan fingerprint density at radius 2 is 1.72 bits per heavy atom. The summed E-state index contributed by atoms with van der Waals surface area (Å²) in [6.07, 6.45) is 2.35. The molecule has 3 aromatic rings. The van der Waals surface area contributed by atoms with Crippen molar-refractivity contribution in [1.29, 1.82) is 0 Å². The number of fused-ring (bicyclic) bond motifs is 3. The fourth-order valence-corrected chi connectivity index (χ4v) is 6.33. The average molecular weight is 517 g/mol. The lowest BCUT2D eigenvalue weighted by Crippen LogP contribution is -2.49. The number of halogens is 3. The summed E-state index contributed by atoms with van der Waals surface area (Å²) in [6.45, 7) is 6.55. The number of carbonyl (C=O) groups is 1. The average Bonchev–Trinajstić information content (AvgIpc) is 3.07. The zero-order chi connectivity index (χ0) is 25.4. The summed E-state index contributed by atoms with van der Waals surface area (Å²) < 4.78 is 38.7. The molecule has 1 atom stereocenters. The molecular formula is C27H31F3N4OS. The first-order valence-electron chi connectivity index (χ1n) is 12.8. The summed E-state index contributed by atoms with van der Waals surface area (Å²) in [5, 5.41) is 1.19. The minimum absolute atomic E-state index is 0.235. The molecule has 3 heterocycles.